The minimum Gasteiger partial charge on any atom is -0.349 e. The van der Waals surface area contributed by atoms with E-state index in [2.05, 4.69) is 5.32 Å². The van der Waals surface area contributed by atoms with Gasteiger partial charge in [-0.05, 0) is 42.0 Å². The molecule has 1 aromatic heterocycles. The number of hydrogen-bond acceptors (Lipinski definition) is 3. The topological polar surface area (TPSA) is 51.1 Å². The molecule has 6 heteroatoms. The van der Waals surface area contributed by atoms with Crippen LogP contribution < -0.4 is 5.32 Å². The SMILES string of the molecule is CCC(=O)c1ccc(Cn2cc(C(=O)NC3CCSCC3)c3c(F)cccc32)cc1. The maximum Gasteiger partial charge on any atom is 0.253 e. The molecule has 30 heavy (non-hydrogen) atoms. The molecule has 3 aromatic rings. The number of thioether (sulfide) groups is 1. The highest BCUT2D eigenvalue weighted by Crippen LogP contribution is 2.26. The van der Waals surface area contributed by atoms with Gasteiger partial charge in [-0.15, -0.1) is 0 Å². The average Bonchev–Trinajstić information content (AvgIpc) is 3.14. The van der Waals surface area contributed by atoms with Gasteiger partial charge in [0.15, 0.2) is 5.78 Å². The molecule has 4 nitrogen and oxygen atoms in total. The summed E-state index contributed by atoms with van der Waals surface area (Å²) in [6.45, 7) is 2.34. The van der Waals surface area contributed by atoms with Gasteiger partial charge >= 0.3 is 0 Å². The van der Waals surface area contributed by atoms with Crippen LogP contribution in [0.4, 0.5) is 4.39 Å². The normalized spacial score (nSPS) is 14.7. The molecule has 1 aliphatic heterocycles. The zero-order valence-electron chi connectivity index (χ0n) is 17.0. The molecule has 4 rings (SSSR count). The van der Waals surface area contributed by atoms with Crippen molar-refractivity contribution in [3.8, 4) is 0 Å². The van der Waals surface area contributed by atoms with E-state index < -0.39 is 0 Å². The van der Waals surface area contributed by atoms with Crippen molar-refractivity contribution in [1.29, 1.82) is 0 Å². The molecule has 0 saturated carbocycles. The zero-order chi connectivity index (χ0) is 21.1. The number of carbonyl (C=O) groups is 2. The number of halogens is 1. The number of aromatic nitrogens is 1. The first kappa shape index (κ1) is 20.7. The maximum atomic E-state index is 14.7. The maximum absolute atomic E-state index is 14.7. The Morgan fingerprint density at radius 3 is 2.57 bits per heavy atom. The highest BCUT2D eigenvalue weighted by Gasteiger charge is 2.22. The van der Waals surface area contributed by atoms with Crippen LogP contribution >= 0.6 is 11.8 Å². The van der Waals surface area contributed by atoms with Gasteiger partial charge in [0.1, 0.15) is 5.82 Å². The molecule has 1 saturated heterocycles. The summed E-state index contributed by atoms with van der Waals surface area (Å²) in [5.74, 6) is 1.58. The number of nitrogens with one attached hydrogen (secondary N) is 1. The Kier molecular flexibility index (Phi) is 6.23. The van der Waals surface area contributed by atoms with Gasteiger partial charge in [-0.3, -0.25) is 9.59 Å². The van der Waals surface area contributed by atoms with Crippen molar-refractivity contribution in [1.82, 2.24) is 9.88 Å². The van der Waals surface area contributed by atoms with Gasteiger partial charge in [0.2, 0.25) is 0 Å². The van der Waals surface area contributed by atoms with E-state index in [0.29, 0.717) is 35.0 Å². The van der Waals surface area contributed by atoms with Crippen LogP contribution in [-0.4, -0.2) is 33.8 Å². The van der Waals surface area contributed by atoms with Crippen molar-refractivity contribution in [3.63, 3.8) is 0 Å². The summed E-state index contributed by atoms with van der Waals surface area (Å²) >= 11 is 1.90. The Hall–Kier alpha value is -2.60. The molecular formula is C24H25FN2O2S. The standard InChI is InChI=1S/C24H25FN2O2S/c1-2-22(28)17-8-6-16(7-9-17)14-27-15-19(23-20(25)4-3-5-21(23)27)24(29)26-18-10-12-30-13-11-18/h3-9,15,18H,2,10-14H2,1H3,(H,26,29). The Balaban J connectivity index is 1.63. The van der Waals surface area contributed by atoms with Crippen LogP contribution in [0.2, 0.25) is 0 Å². The number of carbonyl (C=O) groups excluding carboxylic acids is 2. The summed E-state index contributed by atoms with van der Waals surface area (Å²) in [5, 5.41) is 3.45. The Morgan fingerprint density at radius 1 is 1.13 bits per heavy atom. The molecule has 0 atom stereocenters. The fourth-order valence-corrected chi connectivity index (χ4v) is 5.02. The van der Waals surface area contributed by atoms with Crippen molar-refractivity contribution in [2.24, 2.45) is 0 Å². The van der Waals surface area contributed by atoms with Crippen molar-refractivity contribution < 1.29 is 14.0 Å². The summed E-state index contributed by atoms with van der Waals surface area (Å²) < 4.78 is 16.6. The molecule has 156 valence electrons. The molecule has 2 aromatic carbocycles. The Morgan fingerprint density at radius 2 is 1.87 bits per heavy atom. The van der Waals surface area contributed by atoms with E-state index in [1.807, 2.05) is 53.6 Å². The van der Waals surface area contributed by atoms with Crippen molar-refractivity contribution in [3.05, 3.63) is 71.2 Å². The van der Waals surface area contributed by atoms with Crippen molar-refractivity contribution in [2.75, 3.05) is 11.5 Å². The lowest BCUT2D eigenvalue weighted by Gasteiger charge is -2.22. The predicted molar refractivity (Wildman–Crippen MR) is 120 cm³/mol. The smallest absolute Gasteiger partial charge is 0.253 e. The summed E-state index contributed by atoms with van der Waals surface area (Å²) in [5.41, 5.74) is 2.74. The van der Waals surface area contributed by atoms with Gasteiger partial charge in [-0.25, -0.2) is 4.39 Å². The third-order valence-electron chi connectivity index (χ3n) is 5.61. The van der Waals surface area contributed by atoms with Gasteiger partial charge in [0.05, 0.1) is 11.1 Å². The zero-order valence-corrected chi connectivity index (χ0v) is 17.8. The second-order valence-electron chi connectivity index (χ2n) is 7.64. The fourth-order valence-electron chi connectivity index (χ4n) is 3.91. The molecule has 1 N–H and O–H groups in total. The van der Waals surface area contributed by atoms with E-state index in [4.69, 9.17) is 0 Å². The third-order valence-corrected chi connectivity index (χ3v) is 6.66. The molecule has 1 fully saturated rings. The van der Waals surface area contributed by atoms with Crippen LogP contribution in [0.1, 0.15) is 52.5 Å². The van der Waals surface area contributed by atoms with Crippen molar-refractivity contribution in [2.45, 2.75) is 38.8 Å². The molecule has 1 amide bonds. The van der Waals surface area contributed by atoms with E-state index in [-0.39, 0.29) is 23.5 Å². The number of benzene rings is 2. The van der Waals surface area contributed by atoms with E-state index in [9.17, 15) is 14.0 Å². The summed E-state index contributed by atoms with van der Waals surface area (Å²) in [6.07, 6.45) is 4.10. The number of amides is 1. The minimum absolute atomic E-state index is 0.107. The summed E-state index contributed by atoms with van der Waals surface area (Å²) in [6, 6.07) is 12.5. The van der Waals surface area contributed by atoms with Crippen LogP contribution in [-0.2, 0) is 6.54 Å². The van der Waals surface area contributed by atoms with Crippen LogP contribution in [0.3, 0.4) is 0 Å². The lowest BCUT2D eigenvalue weighted by molar-refractivity contribution is 0.0935. The summed E-state index contributed by atoms with van der Waals surface area (Å²) in [7, 11) is 0. The van der Waals surface area contributed by atoms with E-state index in [1.54, 1.807) is 12.3 Å². The number of ketones is 1. The summed E-state index contributed by atoms with van der Waals surface area (Å²) in [4.78, 5) is 24.8. The predicted octanol–water partition coefficient (Wildman–Crippen LogP) is 5.05. The highest BCUT2D eigenvalue weighted by atomic mass is 32.2. The Labute approximate surface area is 179 Å². The first-order valence-electron chi connectivity index (χ1n) is 10.3. The van der Waals surface area contributed by atoms with Gasteiger partial charge in [0, 0.05) is 36.2 Å². The number of Topliss-reactive ketones (excluding diaryl/α,β-unsaturated/α-hetero) is 1. The lowest BCUT2D eigenvalue weighted by atomic mass is 10.1. The van der Waals surface area contributed by atoms with Gasteiger partial charge in [-0.1, -0.05) is 37.3 Å². The number of rotatable bonds is 6. The second kappa shape index (κ2) is 9.04. The van der Waals surface area contributed by atoms with Crippen molar-refractivity contribution >= 4 is 34.4 Å². The largest absolute Gasteiger partial charge is 0.349 e. The molecule has 0 unspecified atom stereocenters. The number of fused-ring (bicyclic) bond motifs is 1. The van der Waals surface area contributed by atoms with E-state index in [1.165, 1.54) is 6.07 Å². The van der Waals surface area contributed by atoms with Crippen LogP contribution in [0, 0.1) is 5.82 Å². The third kappa shape index (κ3) is 4.29. The van der Waals surface area contributed by atoms with Gasteiger partial charge < -0.3 is 9.88 Å². The molecule has 0 spiro atoms. The van der Waals surface area contributed by atoms with E-state index in [0.717, 1.165) is 29.9 Å². The van der Waals surface area contributed by atoms with Crippen LogP contribution in [0.25, 0.3) is 10.9 Å². The molecular weight excluding hydrogens is 399 g/mol. The lowest BCUT2D eigenvalue weighted by Crippen LogP contribution is -2.37. The van der Waals surface area contributed by atoms with Gasteiger partial charge in [0.25, 0.3) is 5.91 Å². The monoisotopic (exact) mass is 424 g/mol. The minimum atomic E-state index is -0.389. The quantitative estimate of drug-likeness (QED) is 0.564. The average molecular weight is 425 g/mol. The first-order valence-corrected chi connectivity index (χ1v) is 11.5. The first-order chi connectivity index (χ1) is 14.6. The number of nitrogens with zero attached hydrogens (tertiary/aromatic N) is 1. The van der Waals surface area contributed by atoms with Gasteiger partial charge in [-0.2, -0.15) is 11.8 Å². The fraction of sp³-hybridized carbons (Fsp3) is 0.333. The molecule has 0 radical (unpaired) electrons. The van der Waals surface area contributed by atoms with Crippen LogP contribution in [0.5, 0.6) is 0 Å². The Bertz CT molecular complexity index is 1070. The van der Waals surface area contributed by atoms with Crippen LogP contribution in [0.15, 0.2) is 48.7 Å². The highest BCUT2D eigenvalue weighted by molar-refractivity contribution is 7.99. The molecule has 0 aliphatic carbocycles. The molecule has 2 heterocycles. The molecule has 1 aliphatic rings. The molecule has 0 bridgehead atoms. The number of hydrogen-bond donors (Lipinski definition) is 1. The van der Waals surface area contributed by atoms with E-state index >= 15 is 0 Å². The second-order valence-corrected chi connectivity index (χ2v) is 8.86.